The molecule has 30 heavy (non-hydrogen) atoms. The van der Waals surface area contributed by atoms with Crippen LogP contribution in [0.2, 0.25) is 0 Å². The van der Waals surface area contributed by atoms with Gasteiger partial charge in [-0.3, -0.25) is 4.79 Å². The summed E-state index contributed by atoms with van der Waals surface area (Å²) in [6, 6.07) is 12.4. The second kappa shape index (κ2) is 9.70. The fraction of sp³-hybridized carbons (Fsp3) is 0.400. The summed E-state index contributed by atoms with van der Waals surface area (Å²) in [4.78, 5) is 16.3. The van der Waals surface area contributed by atoms with Gasteiger partial charge in [0.25, 0.3) is 0 Å². The summed E-state index contributed by atoms with van der Waals surface area (Å²) in [5.41, 5.74) is 4.55. The van der Waals surface area contributed by atoms with Crippen LogP contribution in [0, 0.1) is 0 Å². The fourth-order valence-corrected chi connectivity index (χ4v) is 3.92. The van der Waals surface area contributed by atoms with Crippen molar-refractivity contribution in [3.63, 3.8) is 0 Å². The van der Waals surface area contributed by atoms with Crippen LogP contribution in [-0.4, -0.2) is 31.2 Å². The van der Waals surface area contributed by atoms with Gasteiger partial charge in [0.15, 0.2) is 11.5 Å². The number of benzene rings is 2. The molecule has 2 atom stereocenters. The molecule has 0 radical (unpaired) electrons. The van der Waals surface area contributed by atoms with Gasteiger partial charge in [-0.15, -0.1) is 0 Å². The highest BCUT2D eigenvalue weighted by Crippen LogP contribution is 2.38. The molecule has 5 heteroatoms. The number of hydrogen-bond donors (Lipinski definition) is 2. The number of aromatic amines is 1. The molecule has 5 nitrogen and oxygen atoms in total. The highest BCUT2D eigenvalue weighted by Gasteiger charge is 2.24. The molecule has 0 spiro atoms. The summed E-state index contributed by atoms with van der Waals surface area (Å²) in [5.74, 6) is 1.28. The van der Waals surface area contributed by atoms with E-state index in [4.69, 9.17) is 9.47 Å². The Morgan fingerprint density at radius 3 is 2.53 bits per heavy atom. The fourth-order valence-electron chi connectivity index (χ4n) is 3.92. The number of para-hydroxylation sites is 1. The van der Waals surface area contributed by atoms with Crippen molar-refractivity contribution in [1.82, 2.24) is 10.3 Å². The van der Waals surface area contributed by atoms with E-state index < -0.39 is 0 Å². The van der Waals surface area contributed by atoms with Gasteiger partial charge in [-0.05, 0) is 48.6 Å². The van der Waals surface area contributed by atoms with Crippen molar-refractivity contribution < 1.29 is 14.3 Å². The van der Waals surface area contributed by atoms with Crippen LogP contribution in [-0.2, 0) is 11.2 Å². The quantitative estimate of drug-likeness (QED) is 0.512. The molecule has 0 fully saturated rings. The molecular weight excluding hydrogens is 376 g/mol. The molecule has 0 aliphatic heterocycles. The Hall–Kier alpha value is -2.95. The second-order valence-electron chi connectivity index (χ2n) is 7.69. The summed E-state index contributed by atoms with van der Waals surface area (Å²) in [6.45, 7) is 6.26. The number of carbonyl (C=O) groups excluding carboxylic acids is 1. The molecular formula is C25H32N2O3. The second-order valence-corrected chi connectivity index (χ2v) is 7.69. The van der Waals surface area contributed by atoms with Gasteiger partial charge in [0.2, 0.25) is 5.91 Å². The number of nitrogens with one attached hydrogen (secondary N) is 2. The highest BCUT2D eigenvalue weighted by molar-refractivity contribution is 5.88. The molecule has 0 saturated heterocycles. The Kier molecular flexibility index (Phi) is 7.03. The van der Waals surface area contributed by atoms with Gasteiger partial charge in [0.05, 0.1) is 14.2 Å². The minimum absolute atomic E-state index is 0.0464. The number of carbonyl (C=O) groups is 1. The van der Waals surface area contributed by atoms with Crippen LogP contribution in [0.4, 0.5) is 0 Å². The number of amides is 1. The molecule has 3 aromatic rings. The van der Waals surface area contributed by atoms with Gasteiger partial charge < -0.3 is 19.8 Å². The molecule has 1 amide bonds. The lowest BCUT2D eigenvalue weighted by molar-refractivity contribution is -0.121. The molecule has 2 aromatic carbocycles. The maximum Gasteiger partial charge on any atom is 0.221 e. The van der Waals surface area contributed by atoms with E-state index in [-0.39, 0.29) is 17.9 Å². The molecule has 3 rings (SSSR count). The van der Waals surface area contributed by atoms with Gasteiger partial charge >= 0.3 is 0 Å². The Labute approximate surface area is 178 Å². The number of fused-ring (bicyclic) bond motifs is 1. The van der Waals surface area contributed by atoms with Crippen molar-refractivity contribution >= 4 is 16.8 Å². The van der Waals surface area contributed by atoms with E-state index in [1.54, 1.807) is 14.2 Å². The molecule has 0 unspecified atom stereocenters. The lowest BCUT2D eigenvalue weighted by atomic mass is 9.87. The average molecular weight is 409 g/mol. The lowest BCUT2D eigenvalue weighted by Crippen LogP contribution is -2.33. The first-order valence-electron chi connectivity index (χ1n) is 10.6. The minimum Gasteiger partial charge on any atom is -0.493 e. The maximum absolute atomic E-state index is 12.9. The number of aryl methyl sites for hydroxylation is 1. The number of hydrogen-bond acceptors (Lipinski definition) is 3. The summed E-state index contributed by atoms with van der Waals surface area (Å²) in [5, 5.41) is 4.27. The zero-order valence-electron chi connectivity index (χ0n) is 18.5. The molecule has 0 aliphatic carbocycles. The normalized spacial score (nSPS) is 13.1. The Morgan fingerprint density at radius 2 is 1.87 bits per heavy atom. The van der Waals surface area contributed by atoms with Crippen molar-refractivity contribution in [3.05, 3.63) is 59.3 Å². The SMILES string of the molecule is CCc1cccc2c([C@@H](CC(=O)N[C@@H](C)CC)c3ccc(OC)c(OC)c3)c[nH]c12. The average Bonchev–Trinajstić information content (AvgIpc) is 3.20. The van der Waals surface area contributed by atoms with Crippen molar-refractivity contribution in [2.24, 2.45) is 0 Å². The smallest absolute Gasteiger partial charge is 0.221 e. The monoisotopic (exact) mass is 408 g/mol. The number of ether oxygens (including phenoxy) is 2. The molecule has 0 saturated carbocycles. The first-order chi connectivity index (χ1) is 14.5. The first-order valence-corrected chi connectivity index (χ1v) is 10.6. The Morgan fingerprint density at radius 1 is 1.10 bits per heavy atom. The molecule has 1 aromatic heterocycles. The van der Waals surface area contributed by atoms with E-state index in [1.165, 1.54) is 5.56 Å². The highest BCUT2D eigenvalue weighted by atomic mass is 16.5. The largest absolute Gasteiger partial charge is 0.493 e. The summed E-state index contributed by atoms with van der Waals surface area (Å²) in [7, 11) is 3.26. The molecule has 0 aliphatic rings. The van der Waals surface area contributed by atoms with Gasteiger partial charge in [-0.25, -0.2) is 0 Å². The summed E-state index contributed by atoms with van der Waals surface area (Å²) >= 11 is 0. The van der Waals surface area contributed by atoms with Crippen LogP contribution in [0.1, 0.15) is 56.2 Å². The van der Waals surface area contributed by atoms with Crippen LogP contribution in [0.5, 0.6) is 11.5 Å². The number of rotatable bonds is 9. The Bertz CT molecular complexity index is 1010. The van der Waals surface area contributed by atoms with E-state index in [2.05, 4.69) is 42.3 Å². The third kappa shape index (κ3) is 4.45. The Balaban J connectivity index is 2.08. The maximum atomic E-state index is 12.9. The molecule has 2 N–H and O–H groups in total. The van der Waals surface area contributed by atoms with E-state index in [1.807, 2.05) is 31.3 Å². The lowest BCUT2D eigenvalue weighted by Gasteiger charge is -2.20. The van der Waals surface area contributed by atoms with E-state index in [0.717, 1.165) is 34.9 Å². The zero-order valence-corrected chi connectivity index (χ0v) is 18.5. The van der Waals surface area contributed by atoms with E-state index in [9.17, 15) is 4.79 Å². The number of aromatic nitrogens is 1. The predicted molar refractivity (Wildman–Crippen MR) is 122 cm³/mol. The van der Waals surface area contributed by atoms with Crippen LogP contribution in [0.15, 0.2) is 42.6 Å². The van der Waals surface area contributed by atoms with Gasteiger partial charge in [0.1, 0.15) is 0 Å². The first kappa shape index (κ1) is 21.8. The predicted octanol–water partition coefficient (Wildman–Crippen LogP) is 5.18. The zero-order chi connectivity index (χ0) is 21.7. The van der Waals surface area contributed by atoms with Gasteiger partial charge in [-0.2, -0.15) is 0 Å². The van der Waals surface area contributed by atoms with Gasteiger partial charge in [-0.1, -0.05) is 38.1 Å². The van der Waals surface area contributed by atoms with Crippen molar-refractivity contribution in [3.8, 4) is 11.5 Å². The third-order valence-electron chi connectivity index (χ3n) is 5.81. The molecule has 0 bridgehead atoms. The van der Waals surface area contributed by atoms with Gasteiger partial charge in [0, 0.05) is 35.5 Å². The third-order valence-corrected chi connectivity index (χ3v) is 5.81. The number of H-pyrrole nitrogens is 1. The minimum atomic E-state index is -0.102. The van der Waals surface area contributed by atoms with Crippen LogP contribution in [0.25, 0.3) is 10.9 Å². The standard InChI is InChI=1S/C25H32N2O3/c1-6-16(3)27-24(28)14-20(18-11-12-22(29-4)23(13-18)30-5)21-15-26-25-17(7-2)9-8-10-19(21)25/h8-13,15-16,20,26H,6-7,14H2,1-5H3,(H,27,28)/t16-,20-/m0/s1. The van der Waals surface area contributed by atoms with Crippen LogP contribution < -0.4 is 14.8 Å². The molecule has 160 valence electrons. The molecule has 1 heterocycles. The topological polar surface area (TPSA) is 63.4 Å². The van der Waals surface area contributed by atoms with Crippen molar-refractivity contribution in [2.45, 2.75) is 52.0 Å². The van der Waals surface area contributed by atoms with Crippen LogP contribution in [0.3, 0.4) is 0 Å². The summed E-state index contributed by atoms with van der Waals surface area (Å²) in [6.07, 6.45) is 4.26. The summed E-state index contributed by atoms with van der Waals surface area (Å²) < 4.78 is 10.9. The van der Waals surface area contributed by atoms with Crippen molar-refractivity contribution in [2.75, 3.05) is 14.2 Å². The number of methoxy groups -OCH3 is 2. The van der Waals surface area contributed by atoms with Crippen LogP contribution >= 0.6 is 0 Å². The van der Waals surface area contributed by atoms with Crippen molar-refractivity contribution in [1.29, 1.82) is 0 Å². The van der Waals surface area contributed by atoms with E-state index >= 15 is 0 Å². The van der Waals surface area contributed by atoms with E-state index in [0.29, 0.717) is 17.9 Å².